The summed E-state index contributed by atoms with van der Waals surface area (Å²) >= 11 is 5.96. The van der Waals surface area contributed by atoms with Crippen molar-refractivity contribution in [3.8, 4) is 5.75 Å². The molecule has 1 heterocycles. The summed E-state index contributed by atoms with van der Waals surface area (Å²) < 4.78 is 5.21. The Morgan fingerprint density at radius 1 is 1.35 bits per heavy atom. The predicted octanol–water partition coefficient (Wildman–Crippen LogP) is 2.46. The van der Waals surface area contributed by atoms with E-state index in [9.17, 15) is 0 Å². The average molecular weight is 251 g/mol. The molecule has 0 aliphatic rings. The van der Waals surface area contributed by atoms with Gasteiger partial charge in [-0.05, 0) is 12.1 Å². The molecule has 0 amide bonds. The van der Waals surface area contributed by atoms with Gasteiger partial charge in [0.2, 0.25) is 5.95 Å². The van der Waals surface area contributed by atoms with Crippen LogP contribution in [0.25, 0.3) is 0 Å². The summed E-state index contributed by atoms with van der Waals surface area (Å²) in [5.74, 6) is 1.30. The molecule has 0 unspecified atom stereocenters. The third kappa shape index (κ3) is 2.57. The maximum atomic E-state index is 5.96. The fourth-order valence-corrected chi connectivity index (χ4v) is 1.48. The second-order valence-corrected chi connectivity index (χ2v) is 3.66. The molecule has 0 radical (unpaired) electrons. The van der Waals surface area contributed by atoms with Gasteiger partial charge in [0.1, 0.15) is 10.8 Å². The number of nitrogen functional groups attached to an aromatic ring is 1. The van der Waals surface area contributed by atoms with Gasteiger partial charge in [-0.15, -0.1) is 0 Å². The van der Waals surface area contributed by atoms with Crippen molar-refractivity contribution in [2.45, 2.75) is 0 Å². The van der Waals surface area contributed by atoms with Gasteiger partial charge >= 0.3 is 0 Å². The number of aromatic nitrogens is 2. The maximum Gasteiger partial charge on any atom is 0.222 e. The van der Waals surface area contributed by atoms with Crippen molar-refractivity contribution in [2.24, 2.45) is 0 Å². The Hall–Kier alpha value is -2.01. The van der Waals surface area contributed by atoms with Crippen LogP contribution in [0.15, 0.2) is 30.5 Å². The summed E-state index contributed by atoms with van der Waals surface area (Å²) in [5, 5.41) is 3.44. The highest BCUT2D eigenvalue weighted by molar-refractivity contribution is 6.32. The van der Waals surface area contributed by atoms with E-state index in [0.29, 0.717) is 16.6 Å². The molecule has 2 aromatic rings. The first-order valence-electron chi connectivity index (χ1n) is 4.89. The number of benzene rings is 1. The van der Waals surface area contributed by atoms with Gasteiger partial charge in [-0.1, -0.05) is 23.7 Å². The number of anilines is 3. The Bertz CT molecular complexity index is 533. The fourth-order valence-electron chi connectivity index (χ4n) is 1.34. The molecule has 0 saturated carbocycles. The topological polar surface area (TPSA) is 73.1 Å². The van der Waals surface area contributed by atoms with Gasteiger partial charge < -0.3 is 15.8 Å². The van der Waals surface area contributed by atoms with Crippen molar-refractivity contribution >= 4 is 29.1 Å². The Kier molecular flexibility index (Phi) is 3.30. The molecular formula is C11H11ClN4O. The molecule has 0 aliphatic heterocycles. The quantitative estimate of drug-likeness (QED) is 0.875. The number of rotatable bonds is 3. The van der Waals surface area contributed by atoms with E-state index in [-0.39, 0.29) is 5.95 Å². The molecule has 2 rings (SSSR count). The van der Waals surface area contributed by atoms with Crippen LogP contribution in [0.2, 0.25) is 5.02 Å². The van der Waals surface area contributed by atoms with Crippen molar-refractivity contribution in [1.29, 1.82) is 0 Å². The Morgan fingerprint density at radius 3 is 2.88 bits per heavy atom. The van der Waals surface area contributed by atoms with Gasteiger partial charge in [-0.3, -0.25) is 0 Å². The molecule has 0 atom stereocenters. The lowest BCUT2D eigenvalue weighted by Gasteiger charge is -2.11. The number of ether oxygens (including phenoxy) is 1. The summed E-state index contributed by atoms with van der Waals surface area (Å²) in [4.78, 5) is 7.80. The minimum absolute atomic E-state index is 0.159. The third-order valence-electron chi connectivity index (χ3n) is 2.12. The molecule has 1 aromatic heterocycles. The van der Waals surface area contributed by atoms with Crippen molar-refractivity contribution < 1.29 is 4.74 Å². The lowest BCUT2D eigenvalue weighted by molar-refractivity contribution is 0.417. The Labute approximate surface area is 104 Å². The second kappa shape index (κ2) is 4.88. The minimum atomic E-state index is 0.159. The highest BCUT2D eigenvalue weighted by Gasteiger charge is 2.07. The SMILES string of the molecule is COc1ccccc1Nc1nc(N)ncc1Cl. The number of halogens is 1. The lowest BCUT2D eigenvalue weighted by Crippen LogP contribution is -2.01. The molecule has 5 nitrogen and oxygen atoms in total. The summed E-state index contributed by atoms with van der Waals surface area (Å²) in [6, 6.07) is 7.44. The number of methoxy groups -OCH3 is 1. The normalized spacial score (nSPS) is 10.0. The number of nitrogens with two attached hydrogens (primary N) is 1. The van der Waals surface area contributed by atoms with Gasteiger partial charge in [-0.25, -0.2) is 4.98 Å². The van der Waals surface area contributed by atoms with E-state index in [2.05, 4.69) is 15.3 Å². The molecule has 6 heteroatoms. The summed E-state index contributed by atoms with van der Waals surface area (Å²) in [6.45, 7) is 0. The van der Waals surface area contributed by atoms with Crippen LogP contribution < -0.4 is 15.8 Å². The van der Waals surface area contributed by atoms with Crippen molar-refractivity contribution in [1.82, 2.24) is 9.97 Å². The number of hydrogen-bond donors (Lipinski definition) is 2. The average Bonchev–Trinajstić information content (AvgIpc) is 2.34. The van der Waals surface area contributed by atoms with E-state index in [0.717, 1.165) is 5.69 Å². The van der Waals surface area contributed by atoms with Crippen LogP contribution in [0.3, 0.4) is 0 Å². The zero-order valence-corrected chi connectivity index (χ0v) is 9.90. The van der Waals surface area contributed by atoms with E-state index >= 15 is 0 Å². The van der Waals surface area contributed by atoms with Crippen LogP contribution in [0.1, 0.15) is 0 Å². The Balaban J connectivity index is 2.34. The third-order valence-corrected chi connectivity index (χ3v) is 2.40. The van der Waals surface area contributed by atoms with E-state index in [1.165, 1.54) is 6.20 Å². The molecule has 17 heavy (non-hydrogen) atoms. The first kappa shape index (κ1) is 11.5. The van der Waals surface area contributed by atoms with Gasteiger partial charge in [-0.2, -0.15) is 4.98 Å². The first-order valence-corrected chi connectivity index (χ1v) is 5.26. The number of nitrogens with zero attached hydrogens (tertiary/aromatic N) is 2. The summed E-state index contributed by atoms with van der Waals surface area (Å²) in [7, 11) is 1.59. The van der Waals surface area contributed by atoms with E-state index in [1.807, 2.05) is 24.3 Å². The zero-order valence-electron chi connectivity index (χ0n) is 9.14. The largest absolute Gasteiger partial charge is 0.495 e. The monoisotopic (exact) mass is 250 g/mol. The predicted molar refractivity (Wildman–Crippen MR) is 67.7 cm³/mol. The van der Waals surface area contributed by atoms with E-state index in [4.69, 9.17) is 22.1 Å². The smallest absolute Gasteiger partial charge is 0.222 e. The van der Waals surface area contributed by atoms with Crippen LogP contribution in [-0.4, -0.2) is 17.1 Å². The zero-order chi connectivity index (χ0) is 12.3. The summed E-state index contributed by atoms with van der Waals surface area (Å²) in [5.41, 5.74) is 6.26. The lowest BCUT2D eigenvalue weighted by atomic mass is 10.3. The highest BCUT2D eigenvalue weighted by atomic mass is 35.5. The van der Waals surface area contributed by atoms with Crippen molar-refractivity contribution in [2.75, 3.05) is 18.2 Å². The van der Waals surface area contributed by atoms with Gasteiger partial charge in [0.05, 0.1) is 19.0 Å². The molecule has 0 fully saturated rings. The van der Waals surface area contributed by atoms with Gasteiger partial charge in [0, 0.05) is 0 Å². The molecule has 0 saturated heterocycles. The fraction of sp³-hybridized carbons (Fsp3) is 0.0909. The van der Waals surface area contributed by atoms with Crippen LogP contribution >= 0.6 is 11.6 Å². The van der Waals surface area contributed by atoms with Gasteiger partial charge in [0.15, 0.2) is 5.82 Å². The minimum Gasteiger partial charge on any atom is -0.495 e. The summed E-state index contributed by atoms with van der Waals surface area (Å²) in [6.07, 6.45) is 1.45. The molecule has 3 N–H and O–H groups in total. The molecule has 0 aliphatic carbocycles. The number of nitrogens with one attached hydrogen (secondary N) is 1. The second-order valence-electron chi connectivity index (χ2n) is 3.25. The molecule has 0 spiro atoms. The number of para-hydroxylation sites is 2. The highest BCUT2D eigenvalue weighted by Crippen LogP contribution is 2.29. The Morgan fingerprint density at radius 2 is 2.12 bits per heavy atom. The maximum absolute atomic E-state index is 5.96. The molecule has 1 aromatic carbocycles. The van der Waals surface area contributed by atoms with E-state index < -0.39 is 0 Å². The van der Waals surface area contributed by atoms with Crippen LogP contribution in [0, 0.1) is 0 Å². The van der Waals surface area contributed by atoms with Crippen LogP contribution in [0.4, 0.5) is 17.5 Å². The molecule has 88 valence electrons. The van der Waals surface area contributed by atoms with Crippen LogP contribution in [-0.2, 0) is 0 Å². The van der Waals surface area contributed by atoms with Crippen molar-refractivity contribution in [3.05, 3.63) is 35.5 Å². The van der Waals surface area contributed by atoms with Crippen molar-refractivity contribution in [3.63, 3.8) is 0 Å². The standard InChI is InChI=1S/C11H11ClN4O/c1-17-9-5-3-2-4-8(9)15-10-7(12)6-14-11(13)16-10/h2-6H,1H3,(H3,13,14,15,16). The molecular weight excluding hydrogens is 240 g/mol. The van der Waals surface area contributed by atoms with Gasteiger partial charge in [0.25, 0.3) is 0 Å². The number of hydrogen-bond acceptors (Lipinski definition) is 5. The van der Waals surface area contributed by atoms with Crippen LogP contribution in [0.5, 0.6) is 5.75 Å². The first-order chi connectivity index (χ1) is 8.20. The molecule has 0 bridgehead atoms. The van der Waals surface area contributed by atoms with E-state index in [1.54, 1.807) is 7.11 Å².